The maximum atomic E-state index is 6.03. The van der Waals surface area contributed by atoms with Crippen LogP contribution in [0.2, 0.25) is 5.02 Å². The van der Waals surface area contributed by atoms with Crippen LogP contribution >= 0.6 is 11.6 Å². The minimum Gasteiger partial charge on any atom is -0.305 e. The highest BCUT2D eigenvalue weighted by molar-refractivity contribution is 6.30. The smallest absolute Gasteiger partial charge is 0.0406 e. The number of halogens is 1. The van der Waals surface area contributed by atoms with Crippen molar-refractivity contribution in [1.82, 2.24) is 10.2 Å². The van der Waals surface area contributed by atoms with Crippen molar-refractivity contribution in [3.05, 3.63) is 34.9 Å². The van der Waals surface area contributed by atoms with Crippen LogP contribution in [0.25, 0.3) is 0 Å². The molecule has 2 fully saturated rings. The van der Waals surface area contributed by atoms with Gasteiger partial charge in [-0.1, -0.05) is 44.0 Å². The van der Waals surface area contributed by atoms with E-state index in [0.29, 0.717) is 18.0 Å². The third-order valence-electron chi connectivity index (χ3n) is 5.15. The SMILES string of the molecule is CC(C)C(NC1CCN2CCCCC12)c1ccc(Cl)cc1. The van der Waals surface area contributed by atoms with Gasteiger partial charge in [0.25, 0.3) is 0 Å². The Kier molecular flexibility index (Phi) is 4.88. The largest absolute Gasteiger partial charge is 0.305 e. The van der Waals surface area contributed by atoms with Crippen molar-refractivity contribution in [3.63, 3.8) is 0 Å². The summed E-state index contributed by atoms with van der Waals surface area (Å²) in [5, 5.41) is 4.79. The molecule has 0 bridgehead atoms. The summed E-state index contributed by atoms with van der Waals surface area (Å²) in [5.74, 6) is 0.587. The van der Waals surface area contributed by atoms with Gasteiger partial charge in [-0.3, -0.25) is 4.90 Å². The summed E-state index contributed by atoms with van der Waals surface area (Å²) in [4.78, 5) is 2.69. The number of piperidine rings is 1. The molecule has 3 atom stereocenters. The van der Waals surface area contributed by atoms with Gasteiger partial charge in [0.05, 0.1) is 0 Å². The summed E-state index contributed by atoms with van der Waals surface area (Å²) in [7, 11) is 0. The number of hydrogen-bond acceptors (Lipinski definition) is 2. The lowest BCUT2D eigenvalue weighted by atomic mass is 9.92. The molecule has 3 unspecified atom stereocenters. The first-order valence-electron chi connectivity index (χ1n) is 8.40. The predicted octanol–water partition coefficient (Wildman–Crippen LogP) is 4.25. The van der Waals surface area contributed by atoms with Gasteiger partial charge in [-0.2, -0.15) is 0 Å². The molecule has 0 spiro atoms. The van der Waals surface area contributed by atoms with Crippen LogP contribution in [-0.4, -0.2) is 30.1 Å². The van der Waals surface area contributed by atoms with Crippen LogP contribution in [0.3, 0.4) is 0 Å². The molecule has 0 radical (unpaired) electrons. The number of fused-ring (bicyclic) bond motifs is 1. The zero-order valence-electron chi connectivity index (χ0n) is 13.2. The fourth-order valence-electron chi connectivity index (χ4n) is 4.02. The van der Waals surface area contributed by atoms with Gasteiger partial charge < -0.3 is 5.32 Å². The fraction of sp³-hybridized carbons (Fsp3) is 0.667. The summed E-state index contributed by atoms with van der Waals surface area (Å²) in [6.07, 6.45) is 5.44. The van der Waals surface area contributed by atoms with E-state index in [2.05, 4.69) is 36.2 Å². The Labute approximate surface area is 133 Å². The van der Waals surface area contributed by atoms with Crippen LogP contribution in [0.4, 0.5) is 0 Å². The molecule has 2 nitrogen and oxygen atoms in total. The third-order valence-corrected chi connectivity index (χ3v) is 5.40. The van der Waals surface area contributed by atoms with Crippen LogP contribution < -0.4 is 5.32 Å². The molecular weight excluding hydrogens is 280 g/mol. The minimum absolute atomic E-state index is 0.425. The van der Waals surface area contributed by atoms with Gasteiger partial charge in [0.1, 0.15) is 0 Å². The molecule has 2 heterocycles. The van der Waals surface area contributed by atoms with Crippen molar-refractivity contribution < 1.29 is 0 Å². The summed E-state index contributed by atoms with van der Waals surface area (Å²) >= 11 is 6.03. The average molecular weight is 307 g/mol. The molecule has 3 heteroatoms. The van der Waals surface area contributed by atoms with E-state index in [0.717, 1.165) is 11.1 Å². The van der Waals surface area contributed by atoms with E-state index in [-0.39, 0.29) is 0 Å². The van der Waals surface area contributed by atoms with E-state index in [9.17, 15) is 0 Å². The van der Waals surface area contributed by atoms with Crippen LogP contribution in [0.15, 0.2) is 24.3 Å². The van der Waals surface area contributed by atoms with Crippen molar-refractivity contribution >= 4 is 11.6 Å². The predicted molar refractivity (Wildman–Crippen MR) is 89.8 cm³/mol. The molecular formula is C18H27ClN2. The Morgan fingerprint density at radius 3 is 2.57 bits per heavy atom. The highest BCUT2D eigenvalue weighted by atomic mass is 35.5. The molecule has 1 aromatic carbocycles. The van der Waals surface area contributed by atoms with Crippen LogP contribution in [0.5, 0.6) is 0 Å². The van der Waals surface area contributed by atoms with E-state index < -0.39 is 0 Å². The zero-order chi connectivity index (χ0) is 14.8. The van der Waals surface area contributed by atoms with Gasteiger partial charge in [0, 0.05) is 29.7 Å². The molecule has 21 heavy (non-hydrogen) atoms. The highest BCUT2D eigenvalue weighted by Crippen LogP contribution is 2.31. The highest BCUT2D eigenvalue weighted by Gasteiger charge is 2.36. The molecule has 0 saturated carbocycles. The number of nitrogens with zero attached hydrogens (tertiary/aromatic N) is 1. The quantitative estimate of drug-likeness (QED) is 0.894. The van der Waals surface area contributed by atoms with E-state index in [4.69, 9.17) is 11.6 Å². The summed E-state index contributed by atoms with van der Waals surface area (Å²) in [6.45, 7) is 7.18. The van der Waals surface area contributed by atoms with E-state index in [1.54, 1.807) is 0 Å². The third kappa shape index (κ3) is 3.44. The Balaban J connectivity index is 1.72. The van der Waals surface area contributed by atoms with Crippen molar-refractivity contribution in [2.75, 3.05) is 13.1 Å². The van der Waals surface area contributed by atoms with Gasteiger partial charge in [0.2, 0.25) is 0 Å². The molecule has 2 aliphatic rings. The first kappa shape index (κ1) is 15.3. The van der Waals surface area contributed by atoms with E-state index >= 15 is 0 Å². The van der Waals surface area contributed by atoms with Crippen LogP contribution in [0, 0.1) is 5.92 Å². The average Bonchev–Trinajstić information content (AvgIpc) is 2.89. The van der Waals surface area contributed by atoms with Gasteiger partial charge in [0.15, 0.2) is 0 Å². The standard InChI is InChI=1S/C18H27ClN2/c1-13(2)18(14-6-8-15(19)9-7-14)20-16-10-12-21-11-4-3-5-17(16)21/h6-9,13,16-18,20H,3-5,10-12H2,1-2H3. The first-order valence-corrected chi connectivity index (χ1v) is 8.78. The maximum Gasteiger partial charge on any atom is 0.0406 e. The second-order valence-corrected chi connectivity index (χ2v) is 7.37. The van der Waals surface area contributed by atoms with Crippen molar-refractivity contribution in [2.45, 2.75) is 57.7 Å². The topological polar surface area (TPSA) is 15.3 Å². The van der Waals surface area contributed by atoms with Gasteiger partial charge in [-0.05, 0) is 49.4 Å². The second kappa shape index (κ2) is 6.68. The second-order valence-electron chi connectivity index (χ2n) is 6.93. The summed E-state index contributed by atoms with van der Waals surface area (Å²) in [6, 6.07) is 10.2. The first-order chi connectivity index (χ1) is 10.1. The van der Waals surface area contributed by atoms with Crippen LogP contribution in [-0.2, 0) is 0 Å². The van der Waals surface area contributed by atoms with Crippen molar-refractivity contribution in [1.29, 1.82) is 0 Å². The maximum absolute atomic E-state index is 6.03. The van der Waals surface area contributed by atoms with Crippen molar-refractivity contribution in [3.8, 4) is 0 Å². The Morgan fingerprint density at radius 2 is 1.86 bits per heavy atom. The molecule has 116 valence electrons. The summed E-state index contributed by atoms with van der Waals surface area (Å²) in [5.41, 5.74) is 1.36. The Morgan fingerprint density at radius 1 is 1.10 bits per heavy atom. The molecule has 3 rings (SSSR count). The molecule has 0 aliphatic carbocycles. The normalized spacial score (nSPS) is 27.8. The lowest BCUT2D eigenvalue weighted by molar-refractivity contribution is 0.172. The Hall–Kier alpha value is -0.570. The van der Waals surface area contributed by atoms with Crippen molar-refractivity contribution in [2.24, 2.45) is 5.92 Å². The number of benzene rings is 1. The molecule has 1 N–H and O–H groups in total. The minimum atomic E-state index is 0.425. The molecule has 2 aliphatic heterocycles. The van der Waals surface area contributed by atoms with Gasteiger partial charge in [-0.25, -0.2) is 0 Å². The lowest BCUT2D eigenvalue weighted by Gasteiger charge is -2.35. The molecule has 0 aromatic heterocycles. The summed E-state index contributed by atoms with van der Waals surface area (Å²) < 4.78 is 0. The molecule has 0 amide bonds. The van der Waals surface area contributed by atoms with E-state index in [1.807, 2.05) is 12.1 Å². The number of hydrogen-bond donors (Lipinski definition) is 1. The molecule has 2 saturated heterocycles. The number of nitrogens with one attached hydrogen (secondary N) is 1. The van der Waals surface area contributed by atoms with Gasteiger partial charge >= 0.3 is 0 Å². The zero-order valence-corrected chi connectivity index (χ0v) is 13.9. The Bertz CT molecular complexity index is 457. The van der Waals surface area contributed by atoms with Gasteiger partial charge in [-0.15, -0.1) is 0 Å². The van der Waals surface area contributed by atoms with Crippen LogP contribution in [0.1, 0.15) is 51.1 Å². The number of rotatable bonds is 4. The fourth-order valence-corrected chi connectivity index (χ4v) is 4.14. The monoisotopic (exact) mass is 306 g/mol. The lowest BCUT2D eigenvalue weighted by Crippen LogP contribution is -2.46. The van der Waals surface area contributed by atoms with E-state index in [1.165, 1.54) is 44.3 Å². The molecule has 1 aromatic rings.